The molecule has 3 nitrogen and oxygen atoms in total. The number of ether oxygens (including phenoxy) is 1. The summed E-state index contributed by atoms with van der Waals surface area (Å²) in [7, 11) is 0. The van der Waals surface area contributed by atoms with Gasteiger partial charge in [0.2, 0.25) is 0 Å². The third-order valence-corrected chi connectivity index (χ3v) is 3.20. The predicted molar refractivity (Wildman–Crippen MR) is 82.8 cm³/mol. The van der Waals surface area contributed by atoms with Crippen molar-refractivity contribution in [2.45, 2.75) is 20.0 Å². The molecule has 0 saturated heterocycles. The first kappa shape index (κ1) is 14.9. The van der Waals surface area contributed by atoms with Gasteiger partial charge in [-0.25, -0.2) is 0 Å². The molecule has 0 bridgehead atoms. The van der Waals surface area contributed by atoms with Crippen molar-refractivity contribution in [2.24, 2.45) is 0 Å². The molecule has 2 aromatic carbocycles. The van der Waals surface area contributed by atoms with Crippen LogP contribution in [-0.4, -0.2) is 10.9 Å². The highest BCUT2D eigenvalue weighted by Gasteiger charge is 2.15. The van der Waals surface area contributed by atoms with Gasteiger partial charge in [-0.3, -0.25) is 4.79 Å². The van der Waals surface area contributed by atoms with E-state index in [1.807, 2.05) is 30.3 Å². The fourth-order valence-electron chi connectivity index (χ4n) is 2.11. The van der Waals surface area contributed by atoms with Crippen LogP contribution in [0.5, 0.6) is 11.5 Å². The largest absolute Gasteiger partial charge is 0.507 e. The van der Waals surface area contributed by atoms with E-state index in [2.05, 4.69) is 6.58 Å². The van der Waals surface area contributed by atoms with Crippen LogP contribution in [0.4, 0.5) is 0 Å². The van der Waals surface area contributed by atoms with Gasteiger partial charge >= 0.3 is 0 Å². The van der Waals surface area contributed by atoms with Gasteiger partial charge in [-0.05, 0) is 31.0 Å². The maximum Gasteiger partial charge on any atom is 0.163 e. The highest BCUT2D eigenvalue weighted by molar-refractivity contribution is 5.97. The summed E-state index contributed by atoms with van der Waals surface area (Å²) in [5, 5.41) is 10.2. The third-order valence-electron chi connectivity index (χ3n) is 3.20. The molecule has 0 spiro atoms. The molecule has 2 rings (SSSR count). The van der Waals surface area contributed by atoms with Crippen molar-refractivity contribution in [2.75, 3.05) is 0 Å². The van der Waals surface area contributed by atoms with Crippen LogP contribution in [0.3, 0.4) is 0 Å². The Morgan fingerprint density at radius 2 is 1.95 bits per heavy atom. The molecule has 0 saturated carbocycles. The molecule has 0 fully saturated rings. The number of allylic oxidation sites excluding steroid dienone is 1. The van der Waals surface area contributed by atoms with Gasteiger partial charge in [0.25, 0.3) is 0 Å². The van der Waals surface area contributed by atoms with Crippen LogP contribution in [0.15, 0.2) is 55.1 Å². The number of phenols is 1. The molecule has 0 aliphatic heterocycles. The van der Waals surface area contributed by atoms with Crippen molar-refractivity contribution >= 4 is 5.78 Å². The van der Waals surface area contributed by atoms with Gasteiger partial charge in [-0.15, -0.1) is 6.58 Å². The Kier molecular flexibility index (Phi) is 4.77. The molecule has 0 heterocycles. The summed E-state index contributed by atoms with van der Waals surface area (Å²) in [5.74, 6) is 0.377. The summed E-state index contributed by atoms with van der Waals surface area (Å²) < 4.78 is 5.77. The minimum Gasteiger partial charge on any atom is -0.507 e. The standard InChI is InChI=1S/C18H18O3/c1-3-7-16-17(11-10-15(13(2)19)18(16)20)21-12-14-8-5-4-6-9-14/h3-6,8-11,20H,1,7,12H2,2H3. The second-order valence-electron chi connectivity index (χ2n) is 4.76. The Balaban J connectivity index is 2.28. The van der Waals surface area contributed by atoms with Crippen molar-refractivity contribution in [3.05, 3.63) is 71.8 Å². The Labute approximate surface area is 124 Å². The van der Waals surface area contributed by atoms with Crippen LogP contribution >= 0.6 is 0 Å². The normalized spacial score (nSPS) is 10.1. The van der Waals surface area contributed by atoms with Crippen LogP contribution in [0, 0.1) is 0 Å². The average Bonchev–Trinajstić information content (AvgIpc) is 2.48. The minimum absolute atomic E-state index is 0.0204. The Bertz CT molecular complexity index is 645. The second-order valence-corrected chi connectivity index (χ2v) is 4.76. The lowest BCUT2D eigenvalue weighted by atomic mass is 10.0. The molecule has 0 radical (unpaired) electrons. The molecule has 0 amide bonds. The monoisotopic (exact) mass is 282 g/mol. The van der Waals surface area contributed by atoms with Gasteiger partial charge in [-0.2, -0.15) is 0 Å². The van der Waals surface area contributed by atoms with E-state index in [1.54, 1.807) is 18.2 Å². The molecular weight excluding hydrogens is 264 g/mol. The van der Waals surface area contributed by atoms with Gasteiger partial charge in [-0.1, -0.05) is 36.4 Å². The average molecular weight is 282 g/mol. The fourth-order valence-corrected chi connectivity index (χ4v) is 2.11. The number of carbonyl (C=O) groups excluding carboxylic acids is 1. The summed E-state index contributed by atoms with van der Waals surface area (Å²) in [5.41, 5.74) is 1.93. The predicted octanol–water partition coefficient (Wildman–Crippen LogP) is 3.90. The van der Waals surface area contributed by atoms with Crippen LogP contribution in [0.2, 0.25) is 0 Å². The smallest absolute Gasteiger partial charge is 0.163 e. The van der Waals surface area contributed by atoms with Gasteiger partial charge in [0.15, 0.2) is 5.78 Å². The molecule has 0 aliphatic carbocycles. The van der Waals surface area contributed by atoms with Crippen molar-refractivity contribution in [3.8, 4) is 11.5 Å². The van der Waals surface area contributed by atoms with Crippen LogP contribution in [0.25, 0.3) is 0 Å². The lowest BCUT2D eigenvalue weighted by Gasteiger charge is -2.14. The van der Waals surface area contributed by atoms with E-state index in [0.717, 1.165) is 5.56 Å². The van der Waals surface area contributed by atoms with Gasteiger partial charge in [0.05, 0.1) is 5.56 Å². The van der Waals surface area contributed by atoms with Crippen molar-refractivity contribution in [1.82, 2.24) is 0 Å². The molecular formula is C18H18O3. The van der Waals surface area contributed by atoms with E-state index in [-0.39, 0.29) is 11.5 Å². The lowest BCUT2D eigenvalue weighted by molar-refractivity contribution is 0.101. The number of ketones is 1. The van der Waals surface area contributed by atoms with Crippen LogP contribution < -0.4 is 4.74 Å². The zero-order chi connectivity index (χ0) is 15.2. The number of hydrogen-bond acceptors (Lipinski definition) is 3. The number of hydrogen-bond donors (Lipinski definition) is 1. The zero-order valence-electron chi connectivity index (χ0n) is 12.0. The summed E-state index contributed by atoms with van der Waals surface area (Å²) >= 11 is 0. The molecule has 3 heteroatoms. The number of benzene rings is 2. The molecule has 0 atom stereocenters. The lowest BCUT2D eigenvalue weighted by Crippen LogP contribution is -2.02. The molecule has 1 N–H and O–H groups in total. The first-order valence-electron chi connectivity index (χ1n) is 6.77. The maximum absolute atomic E-state index is 11.5. The first-order chi connectivity index (χ1) is 10.1. The zero-order valence-corrected chi connectivity index (χ0v) is 12.0. The number of Topliss-reactive ketones (excluding diaryl/α,β-unsaturated/α-hetero) is 1. The number of aromatic hydroxyl groups is 1. The third kappa shape index (κ3) is 3.51. The second kappa shape index (κ2) is 6.75. The summed E-state index contributed by atoms with van der Waals surface area (Å²) in [6, 6.07) is 13.1. The van der Waals surface area contributed by atoms with E-state index in [4.69, 9.17) is 4.74 Å². The van der Waals surface area contributed by atoms with Crippen molar-refractivity contribution in [1.29, 1.82) is 0 Å². The maximum atomic E-state index is 11.5. The Hall–Kier alpha value is -2.55. The van der Waals surface area contributed by atoms with Crippen LogP contribution in [0.1, 0.15) is 28.4 Å². The van der Waals surface area contributed by atoms with E-state index >= 15 is 0 Å². The van der Waals surface area contributed by atoms with Crippen molar-refractivity contribution in [3.63, 3.8) is 0 Å². The van der Waals surface area contributed by atoms with Gasteiger partial charge < -0.3 is 9.84 Å². The summed E-state index contributed by atoms with van der Waals surface area (Å²) in [6.07, 6.45) is 2.12. The summed E-state index contributed by atoms with van der Waals surface area (Å²) in [4.78, 5) is 11.5. The number of rotatable bonds is 6. The van der Waals surface area contributed by atoms with Gasteiger partial charge in [0, 0.05) is 5.56 Å². The molecule has 2 aromatic rings. The van der Waals surface area contributed by atoms with E-state index in [0.29, 0.717) is 29.9 Å². The van der Waals surface area contributed by atoms with Crippen molar-refractivity contribution < 1.29 is 14.6 Å². The number of carbonyl (C=O) groups is 1. The van der Waals surface area contributed by atoms with Crippen LogP contribution in [-0.2, 0) is 13.0 Å². The minimum atomic E-state index is -0.174. The topological polar surface area (TPSA) is 46.5 Å². The Morgan fingerprint density at radius 1 is 1.24 bits per heavy atom. The van der Waals surface area contributed by atoms with E-state index < -0.39 is 0 Å². The molecule has 0 unspecified atom stereocenters. The molecule has 0 aliphatic rings. The molecule has 108 valence electrons. The van der Waals surface area contributed by atoms with Gasteiger partial charge in [0.1, 0.15) is 18.1 Å². The fraction of sp³-hybridized carbons (Fsp3) is 0.167. The quantitative estimate of drug-likeness (QED) is 0.645. The Morgan fingerprint density at radius 3 is 2.57 bits per heavy atom. The first-order valence-corrected chi connectivity index (χ1v) is 6.77. The number of phenolic OH excluding ortho intramolecular Hbond substituents is 1. The van der Waals surface area contributed by atoms with E-state index in [9.17, 15) is 9.90 Å². The summed E-state index contributed by atoms with van der Waals surface area (Å²) in [6.45, 7) is 5.51. The SMILES string of the molecule is C=CCc1c(OCc2ccccc2)ccc(C(C)=O)c1O. The molecule has 0 aromatic heterocycles. The molecule has 21 heavy (non-hydrogen) atoms. The highest BCUT2D eigenvalue weighted by Crippen LogP contribution is 2.32. The van der Waals surface area contributed by atoms with E-state index in [1.165, 1.54) is 6.92 Å². The highest BCUT2D eigenvalue weighted by atomic mass is 16.5.